The van der Waals surface area contributed by atoms with Crippen molar-refractivity contribution in [3.8, 4) is 5.69 Å². The van der Waals surface area contributed by atoms with Crippen molar-refractivity contribution in [3.05, 3.63) is 40.7 Å². The fourth-order valence-corrected chi connectivity index (χ4v) is 4.82. The minimum atomic E-state index is -0.440. The van der Waals surface area contributed by atoms with Crippen molar-refractivity contribution in [2.45, 2.75) is 71.8 Å². The number of aliphatic hydroxyl groups is 2. The highest BCUT2D eigenvalue weighted by Crippen LogP contribution is 2.37. The second-order valence-corrected chi connectivity index (χ2v) is 9.78. The molecule has 1 amide bonds. The van der Waals surface area contributed by atoms with Crippen molar-refractivity contribution in [2.75, 3.05) is 18.5 Å². The number of rotatable bonds is 5. The standard InChI is InChI=1S/C23H30N4O2.C2H6O2/c1-14-21-19(12-23(2,3)13-20(21)28)27(26-14)16-9-10-17(22(24)29)18(11-16)25-15-7-5-4-6-8-15;3-1-2-4/h9-11,15,25H,4-8,12-13H2,1-3H3,(H2,24,29);3-4H,1-2H2. The number of hydrogen-bond donors (Lipinski definition) is 4. The molecule has 0 radical (unpaired) electrons. The van der Waals surface area contributed by atoms with E-state index in [1.54, 1.807) is 6.07 Å². The number of aliphatic hydroxyl groups excluding tert-OH is 2. The summed E-state index contributed by atoms with van der Waals surface area (Å²) in [5.41, 5.74) is 10.1. The Bertz CT molecular complexity index is 1000. The molecular weight excluding hydrogens is 420 g/mol. The predicted molar refractivity (Wildman–Crippen MR) is 128 cm³/mol. The van der Waals surface area contributed by atoms with Crippen molar-refractivity contribution in [3.63, 3.8) is 0 Å². The molecule has 0 aliphatic heterocycles. The number of carbonyl (C=O) groups is 2. The summed E-state index contributed by atoms with van der Waals surface area (Å²) in [6.07, 6.45) is 7.20. The molecule has 1 heterocycles. The summed E-state index contributed by atoms with van der Waals surface area (Å²) in [5.74, 6) is -0.279. The zero-order valence-electron chi connectivity index (χ0n) is 19.9. The molecule has 1 aromatic carbocycles. The molecule has 8 heteroatoms. The molecule has 0 unspecified atom stereocenters. The number of aryl methyl sites for hydroxylation is 1. The smallest absolute Gasteiger partial charge is 0.250 e. The fourth-order valence-electron chi connectivity index (χ4n) is 4.82. The first-order chi connectivity index (χ1) is 15.7. The Morgan fingerprint density at radius 2 is 1.85 bits per heavy atom. The average Bonchev–Trinajstić information content (AvgIpc) is 3.09. The minimum absolute atomic E-state index is 0.0926. The van der Waals surface area contributed by atoms with Crippen LogP contribution in [0.4, 0.5) is 5.69 Å². The quantitative estimate of drug-likeness (QED) is 0.547. The van der Waals surface area contributed by atoms with Crippen molar-refractivity contribution in [2.24, 2.45) is 11.1 Å². The number of ketones is 1. The minimum Gasteiger partial charge on any atom is -0.394 e. The van der Waals surface area contributed by atoms with Crippen LogP contribution >= 0.6 is 0 Å². The third kappa shape index (κ3) is 5.81. The molecule has 8 nitrogen and oxygen atoms in total. The Morgan fingerprint density at radius 3 is 2.45 bits per heavy atom. The summed E-state index contributed by atoms with van der Waals surface area (Å²) in [6, 6.07) is 5.94. The number of aromatic nitrogens is 2. The van der Waals surface area contributed by atoms with E-state index in [0.29, 0.717) is 18.0 Å². The largest absolute Gasteiger partial charge is 0.394 e. The van der Waals surface area contributed by atoms with Gasteiger partial charge in [0, 0.05) is 18.2 Å². The van der Waals surface area contributed by atoms with Gasteiger partial charge in [0.2, 0.25) is 0 Å². The van der Waals surface area contributed by atoms with Gasteiger partial charge in [0.1, 0.15) is 0 Å². The van der Waals surface area contributed by atoms with Crippen LogP contribution in [0.3, 0.4) is 0 Å². The predicted octanol–water partition coefficient (Wildman–Crippen LogP) is 3.15. The summed E-state index contributed by atoms with van der Waals surface area (Å²) in [5, 5.41) is 23.5. The lowest BCUT2D eigenvalue weighted by atomic mass is 9.75. The van der Waals surface area contributed by atoms with E-state index in [9.17, 15) is 9.59 Å². The van der Waals surface area contributed by atoms with Gasteiger partial charge in [0.25, 0.3) is 5.91 Å². The number of primary amides is 1. The van der Waals surface area contributed by atoms with E-state index >= 15 is 0 Å². The number of anilines is 1. The molecule has 0 atom stereocenters. The van der Waals surface area contributed by atoms with Crippen molar-refractivity contribution in [1.82, 2.24) is 9.78 Å². The first kappa shape index (κ1) is 24.9. The maximum absolute atomic E-state index is 12.7. The number of Topliss-reactive ketones (excluding diaryl/α,β-unsaturated/α-hetero) is 1. The molecule has 4 rings (SSSR count). The normalized spacial score (nSPS) is 17.7. The third-order valence-electron chi connectivity index (χ3n) is 6.30. The van der Waals surface area contributed by atoms with Crippen molar-refractivity contribution in [1.29, 1.82) is 0 Å². The average molecular weight is 457 g/mol. The lowest BCUT2D eigenvalue weighted by Gasteiger charge is -2.29. The summed E-state index contributed by atoms with van der Waals surface area (Å²) >= 11 is 0. The first-order valence-electron chi connectivity index (χ1n) is 11.7. The van der Waals surface area contributed by atoms with Crippen molar-refractivity contribution < 1.29 is 19.8 Å². The van der Waals surface area contributed by atoms with Gasteiger partial charge in [0.15, 0.2) is 5.78 Å². The molecule has 33 heavy (non-hydrogen) atoms. The molecule has 2 aliphatic rings. The van der Waals surface area contributed by atoms with Gasteiger partial charge in [-0.05, 0) is 49.8 Å². The van der Waals surface area contributed by atoms with Gasteiger partial charge in [-0.25, -0.2) is 4.68 Å². The Labute approximate surface area is 195 Å². The van der Waals surface area contributed by atoms with Gasteiger partial charge >= 0.3 is 0 Å². The molecule has 1 saturated carbocycles. The maximum Gasteiger partial charge on any atom is 0.250 e. The highest BCUT2D eigenvalue weighted by atomic mass is 16.3. The Morgan fingerprint density at radius 1 is 1.18 bits per heavy atom. The lowest BCUT2D eigenvalue weighted by Crippen LogP contribution is -2.28. The SMILES string of the molecule is Cc1nn(-c2ccc(C(N)=O)c(NC3CCCCC3)c2)c2c1C(=O)CC(C)(C)C2.OCCO. The topological polar surface area (TPSA) is 130 Å². The molecule has 0 spiro atoms. The monoisotopic (exact) mass is 456 g/mol. The number of amides is 1. The highest BCUT2D eigenvalue weighted by molar-refractivity contribution is 6.00. The van der Waals surface area contributed by atoms with Gasteiger partial charge in [0.05, 0.1) is 41.4 Å². The number of fused-ring (bicyclic) bond motifs is 1. The number of nitrogens with zero attached hydrogens (tertiary/aromatic N) is 2. The molecule has 1 aromatic heterocycles. The Balaban J connectivity index is 0.000000709. The summed E-state index contributed by atoms with van der Waals surface area (Å²) in [4.78, 5) is 24.7. The molecule has 0 saturated heterocycles. The van der Waals surface area contributed by atoms with E-state index in [1.165, 1.54) is 19.3 Å². The van der Waals surface area contributed by atoms with Crippen LogP contribution in [0.25, 0.3) is 5.69 Å². The number of hydrogen-bond acceptors (Lipinski definition) is 6. The van der Waals surface area contributed by atoms with E-state index in [4.69, 9.17) is 21.0 Å². The van der Waals surface area contributed by atoms with Crippen LogP contribution in [0.5, 0.6) is 0 Å². The molecule has 2 aliphatic carbocycles. The second-order valence-electron chi connectivity index (χ2n) is 9.78. The van der Waals surface area contributed by atoms with E-state index in [2.05, 4.69) is 19.2 Å². The van der Waals surface area contributed by atoms with Gasteiger partial charge in [-0.2, -0.15) is 5.10 Å². The summed E-state index contributed by atoms with van der Waals surface area (Å²) in [6.45, 7) is 5.88. The fraction of sp³-hybridized carbons (Fsp3) is 0.560. The third-order valence-corrected chi connectivity index (χ3v) is 6.30. The highest BCUT2D eigenvalue weighted by Gasteiger charge is 2.35. The maximum atomic E-state index is 12.7. The van der Waals surface area contributed by atoms with Crippen LogP contribution in [0.2, 0.25) is 0 Å². The molecule has 0 bridgehead atoms. The van der Waals surface area contributed by atoms with Crippen molar-refractivity contribution >= 4 is 17.4 Å². The van der Waals surface area contributed by atoms with Crippen LogP contribution < -0.4 is 11.1 Å². The molecule has 1 fully saturated rings. The van der Waals surface area contributed by atoms with Crippen LogP contribution in [-0.4, -0.2) is 50.9 Å². The number of carbonyl (C=O) groups excluding carboxylic acids is 2. The van der Waals surface area contributed by atoms with Gasteiger partial charge in [-0.1, -0.05) is 33.1 Å². The van der Waals surface area contributed by atoms with E-state index in [1.807, 2.05) is 23.7 Å². The molecular formula is C25H36N4O4. The Kier molecular flexibility index (Phi) is 7.92. The van der Waals surface area contributed by atoms with Crippen LogP contribution in [-0.2, 0) is 6.42 Å². The van der Waals surface area contributed by atoms with E-state index in [-0.39, 0.29) is 24.4 Å². The van der Waals surface area contributed by atoms with E-state index < -0.39 is 5.91 Å². The van der Waals surface area contributed by atoms with Crippen LogP contribution in [0, 0.1) is 12.3 Å². The molecule has 5 N–H and O–H groups in total. The van der Waals surface area contributed by atoms with E-state index in [0.717, 1.165) is 47.6 Å². The summed E-state index contributed by atoms with van der Waals surface area (Å²) in [7, 11) is 0. The second kappa shape index (κ2) is 10.5. The zero-order valence-corrected chi connectivity index (χ0v) is 19.9. The lowest BCUT2D eigenvalue weighted by molar-refractivity contribution is 0.0909. The number of nitrogens with one attached hydrogen (secondary N) is 1. The van der Waals surface area contributed by atoms with Gasteiger partial charge in [-0.3, -0.25) is 9.59 Å². The van der Waals surface area contributed by atoms with Gasteiger partial charge < -0.3 is 21.3 Å². The number of benzene rings is 1. The Hall–Kier alpha value is -2.71. The van der Waals surface area contributed by atoms with Crippen LogP contribution in [0.1, 0.15) is 84.5 Å². The zero-order chi connectivity index (χ0) is 24.2. The first-order valence-corrected chi connectivity index (χ1v) is 11.7. The van der Waals surface area contributed by atoms with Gasteiger partial charge in [-0.15, -0.1) is 0 Å². The number of nitrogens with two attached hydrogens (primary N) is 1. The summed E-state index contributed by atoms with van der Waals surface area (Å²) < 4.78 is 1.88. The van der Waals surface area contributed by atoms with Crippen LogP contribution in [0.15, 0.2) is 18.2 Å². The molecule has 180 valence electrons. The molecule has 2 aromatic rings.